The van der Waals surface area contributed by atoms with Gasteiger partial charge in [0.15, 0.2) is 0 Å². The molecular weight excluding hydrogens is 288 g/mol. The fourth-order valence-electron chi connectivity index (χ4n) is 2.65. The summed E-state index contributed by atoms with van der Waals surface area (Å²) in [5.74, 6) is -1.15. The molecular formula is C15H20N2O3S. The molecule has 2 rings (SSSR count). The lowest BCUT2D eigenvalue weighted by Crippen LogP contribution is -2.56. The Morgan fingerprint density at radius 3 is 2.71 bits per heavy atom. The molecule has 0 bridgehead atoms. The van der Waals surface area contributed by atoms with Gasteiger partial charge in [-0.15, -0.1) is 11.8 Å². The van der Waals surface area contributed by atoms with Crippen LogP contribution in [0.15, 0.2) is 29.2 Å². The van der Waals surface area contributed by atoms with Gasteiger partial charge in [0, 0.05) is 24.0 Å². The molecule has 1 amide bonds. The summed E-state index contributed by atoms with van der Waals surface area (Å²) in [7, 11) is 0. The second-order valence-electron chi connectivity index (χ2n) is 5.09. The number of hydrogen-bond donors (Lipinski definition) is 2. The fraction of sp³-hybridized carbons (Fsp3) is 0.467. The van der Waals surface area contributed by atoms with Crippen LogP contribution in [-0.4, -0.2) is 47.3 Å². The molecule has 1 saturated heterocycles. The number of rotatable bonds is 5. The number of carbonyl (C=O) groups is 2. The molecule has 0 spiro atoms. The number of carboxylic acid groups (broad SMARTS) is 1. The van der Waals surface area contributed by atoms with Gasteiger partial charge in [-0.25, -0.2) is 0 Å². The Labute approximate surface area is 128 Å². The maximum atomic E-state index is 12.0. The van der Waals surface area contributed by atoms with Crippen LogP contribution in [0.2, 0.25) is 0 Å². The maximum Gasteiger partial charge on any atom is 0.305 e. The van der Waals surface area contributed by atoms with E-state index in [1.165, 1.54) is 4.90 Å². The van der Waals surface area contributed by atoms with Crippen molar-refractivity contribution in [3.05, 3.63) is 29.8 Å². The zero-order valence-electron chi connectivity index (χ0n) is 12.2. The first-order valence-corrected chi connectivity index (χ1v) is 8.14. The molecule has 0 aliphatic carbocycles. The second kappa shape index (κ2) is 6.95. The van der Waals surface area contributed by atoms with Crippen molar-refractivity contribution >= 4 is 23.6 Å². The van der Waals surface area contributed by atoms with Crippen LogP contribution < -0.4 is 5.32 Å². The van der Waals surface area contributed by atoms with Crippen molar-refractivity contribution in [1.82, 2.24) is 10.2 Å². The highest BCUT2D eigenvalue weighted by Gasteiger charge is 2.34. The molecule has 2 N–H and O–H groups in total. The number of aliphatic carboxylic acids is 1. The lowest BCUT2D eigenvalue weighted by Gasteiger charge is -2.38. The molecule has 5 nitrogen and oxygen atoms in total. The van der Waals surface area contributed by atoms with E-state index in [9.17, 15) is 9.59 Å². The molecule has 2 unspecified atom stereocenters. The van der Waals surface area contributed by atoms with Crippen molar-refractivity contribution in [1.29, 1.82) is 0 Å². The van der Waals surface area contributed by atoms with E-state index in [0.29, 0.717) is 13.1 Å². The summed E-state index contributed by atoms with van der Waals surface area (Å²) in [6.07, 6.45) is 1.86. The van der Waals surface area contributed by atoms with Crippen LogP contribution in [0.4, 0.5) is 0 Å². The second-order valence-corrected chi connectivity index (χ2v) is 5.97. The third-order valence-electron chi connectivity index (χ3n) is 3.84. The summed E-state index contributed by atoms with van der Waals surface area (Å²) in [6.45, 7) is 3.23. The fourth-order valence-corrected chi connectivity index (χ4v) is 3.05. The number of thioether (sulfide) groups is 1. The third-order valence-corrected chi connectivity index (χ3v) is 4.58. The van der Waals surface area contributed by atoms with Gasteiger partial charge in [0.1, 0.15) is 6.04 Å². The number of carboxylic acids is 1. The SMILES string of the molecule is CSc1ccc(C(C)N2CCNC(=O)C2CC(=O)O)cc1. The topological polar surface area (TPSA) is 69.6 Å². The lowest BCUT2D eigenvalue weighted by molar-refractivity contribution is -0.143. The highest BCUT2D eigenvalue weighted by atomic mass is 32.2. The van der Waals surface area contributed by atoms with Gasteiger partial charge in [0.25, 0.3) is 0 Å². The lowest BCUT2D eigenvalue weighted by atomic mass is 10.0. The molecule has 1 aromatic rings. The summed E-state index contributed by atoms with van der Waals surface area (Å²) in [5, 5.41) is 11.8. The number of benzene rings is 1. The van der Waals surface area contributed by atoms with Crippen molar-refractivity contribution in [2.45, 2.75) is 30.3 Å². The summed E-state index contributed by atoms with van der Waals surface area (Å²) in [6, 6.07) is 7.59. The highest BCUT2D eigenvalue weighted by Crippen LogP contribution is 2.26. The summed E-state index contributed by atoms with van der Waals surface area (Å²) < 4.78 is 0. The molecule has 114 valence electrons. The van der Waals surface area contributed by atoms with E-state index in [1.54, 1.807) is 11.8 Å². The Kier molecular flexibility index (Phi) is 5.25. The zero-order valence-corrected chi connectivity index (χ0v) is 13.0. The van der Waals surface area contributed by atoms with Crippen LogP contribution >= 0.6 is 11.8 Å². The van der Waals surface area contributed by atoms with Crippen LogP contribution in [0.1, 0.15) is 24.9 Å². The van der Waals surface area contributed by atoms with Gasteiger partial charge < -0.3 is 10.4 Å². The first-order valence-electron chi connectivity index (χ1n) is 6.92. The summed E-state index contributed by atoms with van der Waals surface area (Å²) in [4.78, 5) is 26.1. The van der Waals surface area contributed by atoms with E-state index in [1.807, 2.05) is 42.3 Å². The number of hydrogen-bond acceptors (Lipinski definition) is 4. The van der Waals surface area contributed by atoms with Gasteiger partial charge in [0.2, 0.25) is 5.91 Å². The van der Waals surface area contributed by atoms with Crippen molar-refractivity contribution in [2.75, 3.05) is 19.3 Å². The molecule has 1 aliphatic rings. The number of amides is 1. The van der Waals surface area contributed by atoms with Crippen LogP contribution in [0.3, 0.4) is 0 Å². The van der Waals surface area contributed by atoms with E-state index in [2.05, 4.69) is 5.32 Å². The number of nitrogens with one attached hydrogen (secondary N) is 1. The molecule has 21 heavy (non-hydrogen) atoms. The monoisotopic (exact) mass is 308 g/mol. The number of nitrogens with zero attached hydrogens (tertiary/aromatic N) is 1. The molecule has 6 heteroatoms. The van der Waals surface area contributed by atoms with Crippen molar-refractivity contribution in [2.24, 2.45) is 0 Å². The summed E-state index contributed by atoms with van der Waals surface area (Å²) >= 11 is 1.68. The standard InChI is InChI=1S/C15H20N2O3S/c1-10(11-3-5-12(21-2)6-4-11)17-8-7-16-15(20)13(17)9-14(18)19/h3-6,10,13H,7-9H2,1-2H3,(H,16,20)(H,18,19). The summed E-state index contributed by atoms with van der Waals surface area (Å²) in [5.41, 5.74) is 1.10. The van der Waals surface area contributed by atoms with Crippen LogP contribution in [0, 0.1) is 0 Å². The minimum absolute atomic E-state index is 0.0105. The van der Waals surface area contributed by atoms with Crippen LogP contribution in [0.5, 0.6) is 0 Å². The number of piperazine rings is 1. The predicted octanol–water partition coefficient (Wildman–Crippen LogP) is 1.74. The van der Waals surface area contributed by atoms with E-state index in [-0.39, 0.29) is 18.4 Å². The van der Waals surface area contributed by atoms with E-state index in [0.717, 1.165) is 5.56 Å². The predicted molar refractivity (Wildman–Crippen MR) is 82.4 cm³/mol. The Morgan fingerprint density at radius 2 is 2.14 bits per heavy atom. The Bertz CT molecular complexity index is 518. The van der Waals surface area contributed by atoms with Gasteiger partial charge in [-0.3, -0.25) is 14.5 Å². The molecule has 1 heterocycles. The molecule has 0 saturated carbocycles. The minimum atomic E-state index is -0.952. The van der Waals surface area contributed by atoms with Crippen molar-refractivity contribution in [3.63, 3.8) is 0 Å². The quantitative estimate of drug-likeness (QED) is 0.811. The smallest absolute Gasteiger partial charge is 0.305 e. The van der Waals surface area contributed by atoms with Gasteiger partial charge in [-0.2, -0.15) is 0 Å². The Hall–Kier alpha value is -1.53. The first kappa shape index (κ1) is 15.9. The van der Waals surface area contributed by atoms with Crippen LogP contribution in [-0.2, 0) is 9.59 Å². The van der Waals surface area contributed by atoms with Crippen molar-refractivity contribution in [3.8, 4) is 0 Å². The zero-order chi connectivity index (χ0) is 15.4. The van der Waals surface area contributed by atoms with Gasteiger partial charge >= 0.3 is 5.97 Å². The van der Waals surface area contributed by atoms with E-state index < -0.39 is 12.0 Å². The molecule has 0 radical (unpaired) electrons. The van der Waals surface area contributed by atoms with Gasteiger partial charge in [-0.1, -0.05) is 12.1 Å². The molecule has 0 aromatic heterocycles. The minimum Gasteiger partial charge on any atom is -0.481 e. The highest BCUT2D eigenvalue weighted by molar-refractivity contribution is 7.98. The Morgan fingerprint density at radius 1 is 1.48 bits per heavy atom. The normalized spacial score (nSPS) is 20.9. The first-order chi connectivity index (χ1) is 10.0. The average molecular weight is 308 g/mol. The molecule has 1 aromatic carbocycles. The van der Waals surface area contributed by atoms with Crippen molar-refractivity contribution < 1.29 is 14.7 Å². The van der Waals surface area contributed by atoms with E-state index in [4.69, 9.17) is 5.11 Å². The molecule has 1 fully saturated rings. The molecule has 2 atom stereocenters. The Balaban J connectivity index is 2.19. The van der Waals surface area contributed by atoms with E-state index >= 15 is 0 Å². The average Bonchev–Trinajstić information content (AvgIpc) is 2.48. The third kappa shape index (κ3) is 3.77. The van der Waals surface area contributed by atoms with Gasteiger partial charge in [-0.05, 0) is 30.9 Å². The maximum absolute atomic E-state index is 12.0. The number of carbonyl (C=O) groups excluding carboxylic acids is 1. The molecule has 1 aliphatic heterocycles. The van der Waals surface area contributed by atoms with Crippen LogP contribution in [0.25, 0.3) is 0 Å². The largest absolute Gasteiger partial charge is 0.481 e. The van der Waals surface area contributed by atoms with Gasteiger partial charge in [0.05, 0.1) is 6.42 Å².